The molecule has 0 aromatic carbocycles. The molecule has 1 heterocycles. The number of carboxylic acids is 1. The minimum absolute atomic E-state index is 0.0956. The first-order chi connectivity index (χ1) is 8.89. The van der Waals surface area contributed by atoms with Crippen LogP contribution in [-0.2, 0) is 23.8 Å². The van der Waals surface area contributed by atoms with Crippen LogP contribution >= 0.6 is 0 Å². The molecule has 1 amide bonds. The summed E-state index contributed by atoms with van der Waals surface area (Å²) in [5.41, 5.74) is -0.768. The molecule has 0 bridgehead atoms. The molecule has 0 aromatic rings. The summed E-state index contributed by atoms with van der Waals surface area (Å²) >= 11 is 0. The lowest BCUT2D eigenvalue weighted by atomic mass is 10.2. The second-order valence-electron chi connectivity index (χ2n) is 5.64. The topological polar surface area (TPSA) is 110 Å². The van der Waals surface area contributed by atoms with E-state index in [0.29, 0.717) is 0 Å². The summed E-state index contributed by atoms with van der Waals surface area (Å²) in [7, 11) is -3.71. The molecule has 0 unspecified atom stereocenters. The molecule has 1 aliphatic heterocycles. The normalized spacial score (nSPS) is 23.7. The van der Waals surface area contributed by atoms with Crippen LogP contribution in [0.1, 0.15) is 27.2 Å². The molecule has 0 aromatic heterocycles. The van der Waals surface area contributed by atoms with Crippen molar-refractivity contribution in [1.82, 2.24) is 4.90 Å². The summed E-state index contributed by atoms with van der Waals surface area (Å²) in [6.45, 7) is 4.82. The molecule has 2 atom stereocenters. The Labute approximate surface area is 117 Å². The molecule has 1 saturated heterocycles. The maximum Gasteiger partial charge on any atom is 0.411 e. The lowest BCUT2D eigenvalue weighted by Crippen LogP contribution is -2.43. The van der Waals surface area contributed by atoms with Crippen molar-refractivity contribution in [3.63, 3.8) is 0 Å². The van der Waals surface area contributed by atoms with E-state index in [-0.39, 0.29) is 13.0 Å². The van der Waals surface area contributed by atoms with Gasteiger partial charge in [0.05, 0.1) is 18.9 Å². The van der Waals surface area contributed by atoms with Crippen LogP contribution in [0.25, 0.3) is 0 Å². The van der Waals surface area contributed by atoms with Crippen LogP contribution in [0.4, 0.5) is 4.79 Å². The fraction of sp³-hybridized carbons (Fsp3) is 0.818. The zero-order valence-corrected chi connectivity index (χ0v) is 12.6. The average Bonchev–Trinajstić information content (AvgIpc) is 2.56. The molecule has 1 aliphatic rings. The first-order valence-corrected chi connectivity index (χ1v) is 7.81. The first kappa shape index (κ1) is 16.7. The number of amides is 1. The van der Waals surface area contributed by atoms with Crippen molar-refractivity contribution in [2.45, 2.75) is 44.9 Å². The number of hydrogen-bond acceptors (Lipinski definition) is 6. The number of hydrogen-bond donors (Lipinski definition) is 1. The maximum absolute atomic E-state index is 11.9. The lowest BCUT2D eigenvalue weighted by molar-refractivity contribution is -0.142. The Morgan fingerprint density at radius 2 is 1.85 bits per heavy atom. The van der Waals surface area contributed by atoms with Crippen LogP contribution < -0.4 is 0 Å². The molecule has 9 heteroatoms. The summed E-state index contributed by atoms with van der Waals surface area (Å²) in [6.07, 6.45) is -0.899. The van der Waals surface area contributed by atoms with Gasteiger partial charge in [-0.2, -0.15) is 8.42 Å². The van der Waals surface area contributed by atoms with E-state index in [4.69, 9.17) is 14.0 Å². The van der Waals surface area contributed by atoms with Crippen LogP contribution in [0.15, 0.2) is 0 Å². The van der Waals surface area contributed by atoms with Crippen LogP contribution in [-0.4, -0.2) is 61.0 Å². The molecular formula is C11H19NO7S. The standard InChI is InChI=1S/C11H19NO7S/c1-11(2,3)18-10(15)12-6-7(19-20(4,16)17)5-8(12)9(13)14/h7-8H,5-6H2,1-4H3,(H,13,14)/t7-,8-/m1/s1. The van der Waals surface area contributed by atoms with E-state index in [1.165, 1.54) is 0 Å². The smallest absolute Gasteiger partial charge is 0.411 e. The molecule has 0 spiro atoms. The van der Waals surface area contributed by atoms with Gasteiger partial charge in [-0.15, -0.1) is 0 Å². The van der Waals surface area contributed by atoms with E-state index in [0.717, 1.165) is 11.2 Å². The van der Waals surface area contributed by atoms with Crippen LogP contribution in [0.2, 0.25) is 0 Å². The average molecular weight is 309 g/mol. The highest BCUT2D eigenvalue weighted by molar-refractivity contribution is 7.86. The third-order valence-electron chi connectivity index (χ3n) is 2.49. The zero-order chi connectivity index (χ0) is 15.7. The molecule has 1 rings (SSSR count). The van der Waals surface area contributed by atoms with Gasteiger partial charge in [-0.3, -0.25) is 9.08 Å². The van der Waals surface area contributed by atoms with Crippen molar-refractivity contribution in [2.24, 2.45) is 0 Å². The fourth-order valence-corrected chi connectivity index (χ4v) is 2.50. The number of nitrogens with zero attached hydrogens (tertiary/aromatic N) is 1. The van der Waals surface area contributed by atoms with E-state index in [1.807, 2.05) is 0 Å². The van der Waals surface area contributed by atoms with E-state index >= 15 is 0 Å². The van der Waals surface area contributed by atoms with Crippen LogP contribution in [0.3, 0.4) is 0 Å². The highest BCUT2D eigenvalue weighted by Gasteiger charge is 2.43. The highest BCUT2D eigenvalue weighted by atomic mass is 32.2. The van der Waals surface area contributed by atoms with E-state index in [2.05, 4.69) is 0 Å². The Morgan fingerprint density at radius 1 is 1.30 bits per heavy atom. The molecule has 1 fully saturated rings. The number of rotatable bonds is 3. The van der Waals surface area contributed by atoms with Crippen molar-refractivity contribution in [1.29, 1.82) is 0 Å². The monoisotopic (exact) mass is 309 g/mol. The first-order valence-electron chi connectivity index (χ1n) is 6.00. The number of aliphatic carboxylic acids is 1. The number of carbonyl (C=O) groups excluding carboxylic acids is 1. The van der Waals surface area contributed by atoms with Crippen molar-refractivity contribution < 1.29 is 32.0 Å². The predicted molar refractivity (Wildman–Crippen MR) is 68.7 cm³/mol. The minimum Gasteiger partial charge on any atom is -0.480 e. The molecule has 0 radical (unpaired) electrons. The maximum atomic E-state index is 11.9. The summed E-state index contributed by atoms with van der Waals surface area (Å²) in [5.74, 6) is -1.23. The largest absolute Gasteiger partial charge is 0.480 e. The summed E-state index contributed by atoms with van der Waals surface area (Å²) < 4.78 is 32.0. The van der Waals surface area contributed by atoms with Gasteiger partial charge in [0.15, 0.2) is 0 Å². The molecule has 20 heavy (non-hydrogen) atoms. The second kappa shape index (κ2) is 5.57. The Kier molecular flexibility index (Phi) is 4.65. The Balaban J connectivity index is 2.83. The van der Waals surface area contributed by atoms with Crippen molar-refractivity contribution >= 4 is 22.2 Å². The van der Waals surface area contributed by atoms with Crippen molar-refractivity contribution in [3.8, 4) is 0 Å². The van der Waals surface area contributed by atoms with Gasteiger partial charge < -0.3 is 9.84 Å². The van der Waals surface area contributed by atoms with Crippen molar-refractivity contribution in [3.05, 3.63) is 0 Å². The summed E-state index contributed by atoms with van der Waals surface area (Å²) in [5, 5.41) is 9.09. The Bertz CT molecular complexity index is 493. The second-order valence-corrected chi connectivity index (χ2v) is 7.25. The number of carbonyl (C=O) groups is 2. The van der Waals surface area contributed by atoms with Gasteiger partial charge in [0.25, 0.3) is 10.1 Å². The molecule has 0 aliphatic carbocycles. The summed E-state index contributed by atoms with van der Waals surface area (Å²) in [4.78, 5) is 24.0. The van der Waals surface area contributed by atoms with Gasteiger partial charge in [0.2, 0.25) is 0 Å². The van der Waals surface area contributed by atoms with E-state index < -0.39 is 39.9 Å². The molecule has 0 saturated carbocycles. The van der Waals surface area contributed by atoms with Gasteiger partial charge in [-0.05, 0) is 20.8 Å². The Hall–Kier alpha value is -1.35. The van der Waals surface area contributed by atoms with Gasteiger partial charge in [0.1, 0.15) is 11.6 Å². The quantitative estimate of drug-likeness (QED) is 0.752. The van der Waals surface area contributed by atoms with Gasteiger partial charge >= 0.3 is 12.1 Å². The van der Waals surface area contributed by atoms with E-state index in [1.54, 1.807) is 20.8 Å². The number of likely N-dealkylation sites (tertiary alicyclic amines) is 1. The Morgan fingerprint density at radius 3 is 2.25 bits per heavy atom. The minimum atomic E-state index is -3.71. The number of carboxylic acid groups (broad SMARTS) is 1. The SMILES string of the molecule is CC(C)(C)OC(=O)N1C[C@H](OS(C)(=O)=O)C[C@@H]1C(=O)O. The van der Waals surface area contributed by atoms with Gasteiger partial charge in [0, 0.05) is 6.42 Å². The molecule has 8 nitrogen and oxygen atoms in total. The molecular weight excluding hydrogens is 290 g/mol. The predicted octanol–water partition coefficient (Wildman–Crippen LogP) is 0.425. The number of ether oxygens (including phenoxy) is 1. The van der Waals surface area contributed by atoms with E-state index in [9.17, 15) is 18.0 Å². The van der Waals surface area contributed by atoms with Crippen LogP contribution in [0, 0.1) is 0 Å². The highest BCUT2D eigenvalue weighted by Crippen LogP contribution is 2.24. The van der Waals surface area contributed by atoms with Gasteiger partial charge in [-0.25, -0.2) is 9.59 Å². The zero-order valence-electron chi connectivity index (χ0n) is 11.8. The summed E-state index contributed by atoms with van der Waals surface area (Å²) in [6, 6.07) is -1.16. The molecule has 1 N–H and O–H groups in total. The third-order valence-corrected chi connectivity index (χ3v) is 3.11. The third kappa shape index (κ3) is 4.97. The van der Waals surface area contributed by atoms with Crippen LogP contribution in [0.5, 0.6) is 0 Å². The van der Waals surface area contributed by atoms with Gasteiger partial charge in [-0.1, -0.05) is 0 Å². The fourth-order valence-electron chi connectivity index (χ4n) is 1.87. The lowest BCUT2D eigenvalue weighted by Gasteiger charge is -2.26. The van der Waals surface area contributed by atoms with Crippen molar-refractivity contribution in [2.75, 3.05) is 12.8 Å². The molecule has 116 valence electrons.